The number of methoxy groups -OCH3 is 1. The molecule has 0 radical (unpaired) electrons. The van der Waals surface area contributed by atoms with Gasteiger partial charge in [0.15, 0.2) is 0 Å². The zero-order valence-electron chi connectivity index (χ0n) is 15.7. The van der Waals surface area contributed by atoms with Gasteiger partial charge in [0.25, 0.3) is 0 Å². The molecule has 1 heterocycles. The molecular formula is C18H22ClFN2O5. The molecule has 0 aromatic heterocycles. The summed E-state index contributed by atoms with van der Waals surface area (Å²) in [4.78, 5) is 24.0. The van der Waals surface area contributed by atoms with E-state index in [4.69, 9.17) is 21.1 Å². The second kappa shape index (κ2) is 8.12. The first-order chi connectivity index (χ1) is 12.5. The smallest absolute Gasteiger partial charge is 0.410 e. The number of piperidine rings is 1. The largest absolute Gasteiger partial charge is 0.489 e. The number of halogens is 2. The van der Waals surface area contributed by atoms with E-state index < -0.39 is 28.1 Å². The number of amides is 1. The number of nitro groups is 1. The standard InChI is InChI=1S/C18H22ClFN2O5/c1-18(2,3)27-17(23)21-7-5-11(6-8-21)9-12-10-13(19)16(26-4)15(14(12)20)22(24)25/h9-10H,5-8H2,1-4H3. The van der Waals surface area contributed by atoms with Crippen molar-refractivity contribution in [1.29, 1.82) is 0 Å². The van der Waals surface area contributed by atoms with Gasteiger partial charge < -0.3 is 14.4 Å². The van der Waals surface area contributed by atoms with E-state index in [2.05, 4.69) is 0 Å². The molecule has 0 unspecified atom stereocenters. The van der Waals surface area contributed by atoms with E-state index in [1.54, 1.807) is 31.7 Å². The molecule has 1 fully saturated rings. The number of likely N-dealkylation sites (tertiary alicyclic amines) is 1. The van der Waals surface area contributed by atoms with Crippen LogP contribution in [0.3, 0.4) is 0 Å². The fourth-order valence-electron chi connectivity index (χ4n) is 2.74. The maximum absolute atomic E-state index is 14.6. The third-order valence-electron chi connectivity index (χ3n) is 3.98. The van der Waals surface area contributed by atoms with Crippen LogP contribution in [0.4, 0.5) is 14.9 Å². The number of ether oxygens (including phenoxy) is 2. The Hall–Kier alpha value is -2.35. The van der Waals surface area contributed by atoms with Gasteiger partial charge in [0.05, 0.1) is 17.1 Å². The van der Waals surface area contributed by atoms with E-state index in [-0.39, 0.29) is 16.3 Å². The summed E-state index contributed by atoms with van der Waals surface area (Å²) < 4.78 is 24.8. The number of nitro benzene ring substituents is 1. The molecule has 1 aliphatic heterocycles. The summed E-state index contributed by atoms with van der Waals surface area (Å²) in [6, 6.07) is 1.30. The fraction of sp³-hybridized carbons (Fsp3) is 0.500. The van der Waals surface area contributed by atoms with Gasteiger partial charge >= 0.3 is 11.8 Å². The molecule has 7 nitrogen and oxygen atoms in total. The zero-order chi connectivity index (χ0) is 20.4. The first-order valence-corrected chi connectivity index (χ1v) is 8.79. The SMILES string of the molecule is COc1c(Cl)cc(C=C2CCN(C(=O)OC(C)(C)C)CC2)c(F)c1[N+](=O)[O-]. The van der Waals surface area contributed by atoms with Crippen LogP contribution in [0.25, 0.3) is 6.08 Å². The molecule has 1 aromatic rings. The quantitative estimate of drug-likeness (QED) is 0.537. The molecular weight excluding hydrogens is 379 g/mol. The third-order valence-corrected chi connectivity index (χ3v) is 4.26. The van der Waals surface area contributed by atoms with E-state index in [0.717, 1.165) is 5.57 Å². The molecule has 1 amide bonds. The number of carbonyl (C=O) groups is 1. The maximum atomic E-state index is 14.6. The molecule has 0 aliphatic carbocycles. The Balaban J connectivity index is 2.20. The molecule has 0 atom stereocenters. The second-order valence-electron chi connectivity index (χ2n) is 7.17. The predicted octanol–water partition coefficient (Wildman–Crippen LogP) is 4.81. The van der Waals surface area contributed by atoms with Crippen molar-refractivity contribution < 1.29 is 23.6 Å². The highest BCUT2D eigenvalue weighted by atomic mass is 35.5. The summed E-state index contributed by atoms with van der Waals surface area (Å²) >= 11 is 6.00. The Kier molecular flexibility index (Phi) is 6.30. The summed E-state index contributed by atoms with van der Waals surface area (Å²) in [5, 5.41) is 11.1. The van der Waals surface area contributed by atoms with Gasteiger partial charge in [-0.3, -0.25) is 10.1 Å². The Morgan fingerprint density at radius 2 is 1.96 bits per heavy atom. The van der Waals surface area contributed by atoms with Crippen LogP contribution in [-0.2, 0) is 4.74 Å². The summed E-state index contributed by atoms with van der Waals surface area (Å²) in [5.41, 5.74) is -0.477. The Labute approximate surface area is 161 Å². The highest BCUT2D eigenvalue weighted by Crippen LogP contribution is 2.39. The van der Waals surface area contributed by atoms with E-state index in [1.807, 2.05) is 0 Å². The van der Waals surface area contributed by atoms with Crippen LogP contribution in [0.2, 0.25) is 5.02 Å². The van der Waals surface area contributed by atoms with Crippen LogP contribution < -0.4 is 4.74 Å². The van der Waals surface area contributed by atoms with Crippen LogP contribution >= 0.6 is 11.6 Å². The Bertz CT molecular complexity index is 779. The minimum absolute atomic E-state index is 0.0215. The molecule has 1 aromatic carbocycles. The first-order valence-electron chi connectivity index (χ1n) is 8.41. The molecule has 2 rings (SSSR count). The first kappa shape index (κ1) is 21.0. The molecule has 0 saturated carbocycles. The van der Waals surface area contributed by atoms with Crippen molar-refractivity contribution >= 4 is 29.5 Å². The predicted molar refractivity (Wildman–Crippen MR) is 99.6 cm³/mol. The van der Waals surface area contributed by atoms with E-state index >= 15 is 0 Å². The van der Waals surface area contributed by atoms with Gasteiger partial charge in [-0.2, -0.15) is 4.39 Å². The maximum Gasteiger partial charge on any atom is 0.410 e. The van der Waals surface area contributed by atoms with Crippen molar-refractivity contribution in [1.82, 2.24) is 4.90 Å². The second-order valence-corrected chi connectivity index (χ2v) is 7.58. The molecule has 1 aliphatic rings. The lowest BCUT2D eigenvalue weighted by atomic mass is 10.0. The summed E-state index contributed by atoms with van der Waals surface area (Å²) in [6.07, 6.45) is 2.17. The molecule has 1 saturated heterocycles. The van der Waals surface area contributed by atoms with E-state index in [0.29, 0.717) is 25.9 Å². The van der Waals surface area contributed by atoms with Crippen molar-refractivity contribution in [3.63, 3.8) is 0 Å². The average Bonchev–Trinajstić information content (AvgIpc) is 2.56. The van der Waals surface area contributed by atoms with Crippen molar-refractivity contribution in [2.45, 2.75) is 39.2 Å². The molecule has 27 heavy (non-hydrogen) atoms. The minimum atomic E-state index is -0.997. The van der Waals surface area contributed by atoms with Crippen molar-refractivity contribution in [3.8, 4) is 5.75 Å². The third kappa shape index (κ3) is 5.09. The summed E-state index contributed by atoms with van der Waals surface area (Å²) in [6.45, 7) is 6.23. The summed E-state index contributed by atoms with van der Waals surface area (Å²) in [7, 11) is 1.19. The Morgan fingerprint density at radius 1 is 1.37 bits per heavy atom. The van der Waals surface area contributed by atoms with Gasteiger partial charge in [-0.1, -0.05) is 23.3 Å². The minimum Gasteiger partial charge on any atom is -0.489 e. The number of nitrogens with zero attached hydrogens (tertiary/aromatic N) is 2. The lowest BCUT2D eigenvalue weighted by Crippen LogP contribution is -2.40. The van der Waals surface area contributed by atoms with Gasteiger partial charge in [-0.15, -0.1) is 0 Å². The molecule has 9 heteroatoms. The highest BCUT2D eigenvalue weighted by molar-refractivity contribution is 6.32. The van der Waals surface area contributed by atoms with E-state index in [9.17, 15) is 19.3 Å². The molecule has 0 N–H and O–H groups in total. The van der Waals surface area contributed by atoms with Crippen molar-refractivity contribution in [2.75, 3.05) is 20.2 Å². The van der Waals surface area contributed by atoms with Gasteiger partial charge in [-0.05, 0) is 39.7 Å². The molecule has 0 spiro atoms. The van der Waals surface area contributed by atoms with E-state index in [1.165, 1.54) is 13.2 Å². The lowest BCUT2D eigenvalue weighted by molar-refractivity contribution is -0.388. The number of hydrogen-bond donors (Lipinski definition) is 0. The van der Waals surface area contributed by atoms with Gasteiger partial charge in [0.2, 0.25) is 11.6 Å². The van der Waals surface area contributed by atoms with Crippen LogP contribution in [0.5, 0.6) is 5.75 Å². The number of carbonyl (C=O) groups excluding carboxylic acids is 1. The molecule has 0 bridgehead atoms. The van der Waals surface area contributed by atoms with Gasteiger partial charge in [0, 0.05) is 18.7 Å². The van der Waals surface area contributed by atoms with Crippen LogP contribution in [0, 0.1) is 15.9 Å². The normalized spacial score (nSPS) is 14.7. The van der Waals surface area contributed by atoms with Crippen LogP contribution in [0.15, 0.2) is 11.6 Å². The lowest BCUT2D eigenvalue weighted by Gasteiger charge is -2.31. The Morgan fingerprint density at radius 3 is 2.44 bits per heavy atom. The highest BCUT2D eigenvalue weighted by Gasteiger charge is 2.28. The fourth-order valence-corrected chi connectivity index (χ4v) is 3.03. The van der Waals surface area contributed by atoms with Crippen LogP contribution in [-0.4, -0.2) is 41.7 Å². The summed E-state index contributed by atoms with van der Waals surface area (Å²) in [5.74, 6) is -1.30. The van der Waals surface area contributed by atoms with Crippen LogP contribution in [0.1, 0.15) is 39.2 Å². The molecule has 148 valence electrons. The number of hydrogen-bond acceptors (Lipinski definition) is 5. The average molecular weight is 401 g/mol. The van der Waals surface area contributed by atoms with Crippen molar-refractivity contribution in [2.24, 2.45) is 0 Å². The monoisotopic (exact) mass is 400 g/mol. The number of rotatable bonds is 3. The number of benzene rings is 1. The zero-order valence-corrected chi connectivity index (χ0v) is 16.4. The van der Waals surface area contributed by atoms with Gasteiger partial charge in [-0.25, -0.2) is 4.79 Å². The topological polar surface area (TPSA) is 81.9 Å². The van der Waals surface area contributed by atoms with Crippen molar-refractivity contribution in [3.05, 3.63) is 38.2 Å². The van der Waals surface area contributed by atoms with Gasteiger partial charge in [0.1, 0.15) is 5.60 Å².